The fourth-order valence-electron chi connectivity index (χ4n) is 3.09. The summed E-state index contributed by atoms with van der Waals surface area (Å²) >= 11 is 0. The third-order valence-corrected chi connectivity index (χ3v) is 7.13. The Morgan fingerprint density at radius 3 is 1.93 bits per heavy atom. The number of pyridine rings is 2. The highest BCUT2D eigenvalue weighted by molar-refractivity contribution is 7.53. The second kappa shape index (κ2) is 12.8. The van der Waals surface area contributed by atoms with Gasteiger partial charge in [-0.25, -0.2) is 4.98 Å². The van der Waals surface area contributed by atoms with E-state index < -0.39 is 44.0 Å². The van der Waals surface area contributed by atoms with Crippen LogP contribution in [0.1, 0.15) is 47.1 Å². The zero-order valence-corrected chi connectivity index (χ0v) is 24.7. The van der Waals surface area contributed by atoms with Gasteiger partial charge in [0, 0.05) is 12.3 Å². The Kier molecular flexibility index (Phi) is 9.89. The van der Waals surface area contributed by atoms with Gasteiger partial charge in [-0.1, -0.05) is 12.1 Å². The van der Waals surface area contributed by atoms with Crippen molar-refractivity contribution in [3.05, 3.63) is 54.2 Å². The molecule has 40 heavy (non-hydrogen) atoms. The third kappa shape index (κ3) is 8.74. The summed E-state index contributed by atoms with van der Waals surface area (Å²) in [5, 5.41) is 0.702. The first-order valence-corrected chi connectivity index (χ1v) is 14.2. The molecule has 0 aliphatic carbocycles. The third-order valence-electron chi connectivity index (χ3n) is 5.38. The first-order chi connectivity index (χ1) is 18.7. The van der Waals surface area contributed by atoms with Crippen LogP contribution < -0.4 is 9.47 Å². The number of esters is 2. The van der Waals surface area contributed by atoms with Gasteiger partial charge < -0.3 is 18.9 Å². The zero-order valence-electron chi connectivity index (χ0n) is 23.8. The van der Waals surface area contributed by atoms with Gasteiger partial charge >= 0.3 is 19.5 Å². The molecule has 0 aliphatic heterocycles. The Hall–Kier alpha value is -3.53. The fraction of sp³-hybridized carbons (Fsp3) is 0.429. The molecule has 0 atom stereocenters. The van der Waals surface area contributed by atoms with Gasteiger partial charge in [0.05, 0.1) is 29.5 Å². The van der Waals surface area contributed by atoms with Crippen molar-refractivity contribution in [2.75, 3.05) is 20.7 Å². The summed E-state index contributed by atoms with van der Waals surface area (Å²) in [4.78, 5) is 32.8. The van der Waals surface area contributed by atoms with Crippen LogP contribution in [0.5, 0.6) is 17.4 Å². The van der Waals surface area contributed by atoms with E-state index in [2.05, 4.69) is 9.97 Å². The maximum atomic E-state index is 13.5. The van der Waals surface area contributed by atoms with Crippen LogP contribution in [0, 0.1) is 10.8 Å². The van der Waals surface area contributed by atoms with Gasteiger partial charge in [0.25, 0.3) is 0 Å². The molecule has 0 bridgehead atoms. The van der Waals surface area contributed by atoms with E-state index in [1.54, 1.807) is 84.1 Å². The molecule has 1 aromatic carbocycles. The lowest BCUT2D eigenvalue weighted by Crippen LogP contribution is -2.24. The minimum atomic E-state index is -3.90. The number of fused-ring (bicyclic) bond motifs is 1. The van der Waals surface area contributed by atoms with Gasteiger partial charge in [-0.15, -0.1) is 0 Å². The minimum Gasteiger partial charge on any atom is -0.481 e. The Morgan fingerprint density at radius 2 is 1.40 bits per heavy atom. The molecule has 3 rings (SSSR count). The van der Waals surface area contributed by atoms with Crippen molar-refractivity contribution in [1.82, 2.24) is 9.97 Å². The van der Waals surface area contributed by atoms with Crippen molar-refractivity contribution in [3.63, 3.8) is 0 Å². The number of rotatable bonds is 11. The lowest BCUT2D eigenvalue weighted by molar-refractivity contribution is -0.162. The molecule has 0 unspecified atom stereocenters. The van der Waals surface area contributed by atoms with Gasteiger partial charge in [0.15, 0.2) is 5.65 Å². The highest BCUT2D eigenvalue weighted by Crippen LogP contribution is 2.51. The maximum absolute atomic E-state index is 13.5. The molecule has 0 saturated heterocycles. The number of benzene rings is 1. The van der Waals surface area contributed by atoms with Crippen molar-refractivity contribution < 1.29 is 42.1 Å². The largest absolute Gasteiger partial charge is 0.481 e. The molecular formula is C28H35N2O9P. The maximum Gasteiger partial charge on any atom is 0.340 e. The predicted octanol–water partition coefficient (Wildman–Crippen LogP) is 6.25. The Labute approximate surface area is 233 Å². The second-order valence-corrected chi connectivity index (χ2v) is 13.0. The van der Waals surface area contributed by atoms with Gasteiger partial charge in [-0.3, -0.25) is 23.2 Å². The van der Waals surface area contributed by atoms with E-state index in [4.69, 9.17) is 28.0 Å². The molecule has 216 valence electrons. The molecule has 0 radical (unpaired) electrons. The standard InChI is InChI=1S/C28H35N2O9P/c1-27(2,3)25(31)35-17-37-40(33,38-18-36-26(32)28(4,5)6)16-19-8-10-20(11-9-19)39-22-14-15-29-24-21(22)12-13-23(30-24)34-7/h8-15H,16-18H2,1-7H3. The van der Waals surface area contributed by atoms with Crippen LogP contribution in [0.2, 0.25) is 0 Å². The predicted molar refractivity (Wildman–Crippen MR) is 147 cm³/mol. The second-order valence-electron chi connectivity index (χ2n) is 10.9. The number of hydrogen-bond donors (Lipinski definition) is 0. The van der Waals surface area contributed by atoms with Crippen molar-refractivity contribution in [1.29, 1.82) is 0 Å². The summed E-state index contributed by atoms with van der Waals surface area (Å²) in [6.07, 6.45) is 1.41. The highest BCUT2D eigenvalue weighted by Gasteiger charge is 2.30. The number of ether oxygens (including phenoxy) is 4. The van der Waals surface area contributed by atoms with E-state index in [1.165, 1.54) is 7.11 Å². The molecule has 2 heterocycles. The Bertz CT molecular complexity index is 1340. The number of carbonyl (C=O) groups excluding carboxylic acids is 2. The molecule has 0 spiro atoms. The van der Waals surface area contributed by atoms with E-state index in [9.17, 15) is 14.2 Å². The average molecular weight is 575 g/mol. The summed E-state index contributed by atoms with van der Waals surface area (Å²) in [5.41, 5.74) is -0.475. The van der Waals surface area contributed by atoms with Crippen molar-refractivity contribution in [2.45, 2.75) is 47.7 Å². The van der Waals surface area contributed by atoms with Crippen LogP contribution in [0.4, 0.5) is 0 Å². The van der Waals surface area contributed by atoms with Gasteiger partial charge in [-0.2, -0.15) is 4.98 Å². The quantitative estimate of drug-likeness (QED) is 0.146. The Balaban J connectivity index is 1.71. The van der Waals surface area contributed by atoms with Crippen LogP contribution >= 0.6 is 7.60 Å². The molecule has 0 fully saturated rings. The van der Waals surface area contributed by atoms with E-state index in [0.717, 1.165) is 0 Å². The first-order valence-electron chi connectivity index (χ1n) is 12.5. The number of aromatic nitrogens is 2. The number of hydrogen-bond acceptors (Lipinski definition) is 11. The van der Waals surface area contributed by atoms with Crippen LogP contribution in [0.15, 0.2) is 48.7 Å². The number of methoxy groups -OCH3 is 1. The van der Waals surface area contributed by atoms with Gasteiger partial charge in [0.2, 0.25) is 19.5 Å². The molecule has 0 saturated carbocycles. The minimum absolute atomic E-state index is 0.171. The summed E-state index contributed by atoms with van der Waals surface area (Å²) in [5.74, 6) is 0.444. The summed E-state index contributed by atoms with van der Waals surface area (Å²) in [6.45, 7) is 8.93. The number of carbonyl (C=O) groups is 2. The molecular weight excluding hydrogens is 539 g/mol. The van der Waals surface area contributed by atoms with Crippen LogP contribution in [-0.2, 0) is 38.8 Å². The first kappa shape index (κ1) is 31.0. The monoisotopic (exact) mass is 574 g/mol. The summed E-state index contributed by atoms with van der Waals surface area (Å²) in [6, 6.07) is 12.0. The summed E-state index contributed by atoms with van der Waals surface area (Å²) < 4.78 is 45.7. The molecule has 0 aliphatic rings. The van der Waals surface area contributed by atoms with Crippen LogP contribution in [-0.4, -0.2) is 42.6 Å². The van der Waals surface area contributed by atoms with Crippen LogP contribution in [0.3, 0.4) is 0 Å². The molecule has 11 nitrogen and oxygen atoms in total. The molecule has 0 N–H and O–H groups in total. The topological polar surface area (TPSA) is 132 Å². The normalized spacial score (nSPS) is 12.2. The molecule has 12 heteroatoms. The van der Waals surface area contributed by atoms with E-state index >= 15 is 0 Å². The fourth-order valence-corrected chi connectivity index (χ4v) is 4.43. The lowest BCUT2D eigenvalue weighted by Gasteiger charge is -2.22. The smallest absolute Gasteiger partial charge is 0.340 e. The number of nitrogens with zero attached hydrogens (tertiary/aromatic N) is 2. The van der Waals surface area contributed by atoms with Crippen molar-refractivity contribution in [2.24, 2.45) is 10.8 Å². The molecule has 0 amide bonds. The lowest BCUT2D eigenvalue weighted by atomic mass is 9.98. The van der Waals surface area contributed by atoms with Crippen LogP contribution in [0.25, 0.3) is 11.0 Å². The highest BCUT2D eigenvalue weighted by atomic mass is 31.2. The van der Waals surface area contributed by atoms with E-state index in [0.29, 0.717) is 34.0 Å². The van der Waals surface area contributed by atoms with Gasteiger partial charge in [0.1, 0.15) is 11.5 Å². The van der Waals surface area contributed by atoms with Gasteiger partial charge in [-0.05, 0) is 71.4 Å². The average Bonchev–Trinajstić information content (AvgIpc) is 2.88. The SMILES string of the molecule is COc1ccc2c(Oc3ccc(CP(=O)(OCOC(=O)C(C)(C)C)OCOC(=O)C(C)(C)C)cc3)ccnc2n1. The van der Waals surface area contributed by atoms with E-state index in [-0.39, 0.29) is 6.16 Å². The Morgan fingerprint density at radius 1 is 0.825 bits per heavy atom. The van der Waals surface area contributed by atoms with E-state index in [1.807, 2.05) is 6.07 Å². The van der Waals surface area contributed by atoms with Crippen molar-refractivity contribution >= 4 is 30.6 Å². The zero-order chi connectivity index (χ0) is 29.6. The van der Waals surface area contributed by atoms with Crippen molar-refractivity contribution in [3.8, 4) is 17.4 Å². The molecule has 2 aromatic heterocycles. The molecule has 3 aromatic rings. The summed E-state index contributed by atoms with van der Waals surface area (Å²) in [7, 11) is -2.37.